The van der Waals surface area contributed by atoms with Crippen LogP contribution in [0.4, 0.5) is 4.39 Å². The number of hydrogen-bond acceptors (Lipinski definition) is 3. The van der Waals surface area contributed by atoms with Gasteiger partial charge in [0.15, 0.2) is 0 Å². The summed E-state index contributed by atoms with van der Waals surface area (Å²) in [6, 6.07) is 13.9. The molecule has 1 heterocycles. The Labute approximate surface area is 148 Å². The summed E-state index contributed by atoms with van der Waals surface area (Å²) in [6.07, 6.45) is 0.629. The first-order valence-corrected chi connectivity index (χ1v) is 8.62. The second kappa shape index (κ2) is 7.55. The third-order valence-electron chi connectivity index (χ3n) is 3.42. The Morgan fingerprint density at radius 2 is 2.00 bits per heavy atom. The van der Waals surface area contributed by atoms with Gasteiger partial charge >= 0.3 is 0 Å². The highest BCUT2D eigenvalue weighted by Crippen LogP contribution is 2.23. The summed E-state index contributed by atoms with van der Waals surface area (Å²) in [4.78, 5) is 16.6. The molecule has 0 saturated carbocycles. The van der Waals surface area contributed by atoms with Gasteiger partial charge in [-0.3, -0.25) is 4.79 Å². The molecule has 122 valence electrons. The monoisotopic (exact) mass is 360 g/mol. The number of aromatic nitrogens is 1. The van der Waals surface area contributed by atoms with Gasteiger partial charge in [-0.05, 0) is 18.2 Å². The van der Waals surface area contributed by atoms with Crippen molar-refractivity contribution in [2.45, 2.75) is 6.42 Å². The van der Waals surface area contributed by atoms with Crippen molar-refractivity contribution in [2.75, 3.05) is 6.54 Å². The zero-order valence-electron chi connectivity index (χ0n) is 12.6. The maximum absolute atomic E-state index is 13.1. The SMILES string of the molecule is O=C(NCCc1csc(-c2ccccc2)n1)c1ccc(F)c(Cl)c1. The molecule has 0 radical (unpaired) electrons. The van der Waals surface area contributed by atoms with Crippen molar-refractivity contribution in [1.29, 1.82) is 0 Å². The predicted molar refractivity (Wildman–Crippen MR) is 95.0 cm³/mol. The molecule has 3 aromatic rings. The van der Waals surface area contributed by atoms with E-state index in [2.05, 4.69) is 10.3 Å². The molecule has 0 atom stereocenters. The molecular weight excluding hydrogens is 347 g/mol. The Bertz CT molecular complexity index is 851. The van der Waals surface area contributed by atoms with Crippen LogP contribution in [-0.2, 0) is 6.42 Å². The molecule has 2 aromatic carbocycles. The number of carbonyl (C=O) groups is 1. The van der Waals surface area contributed by atoms with E-state index in [1.54, 1.807) is 11.3 Å². The highest BCUT2D eigenvalue weighted by molar-refractivity contribution is 7.13. The number of thiazole rings is 1. The molecule has 1 amide bonds. The fraction of sp³-hybridized carbons (Fsp3) is 0.111. The first-order valence-electron chi connectivity index (χ1n) is 7.36. The predicted octanol–water partition coefficient (Wildman–Crippen LogP) is 4.58. The van der Waals surface area contributed by atoms with Gasteiger partial charge in [-0.2, -0.15) is 0 Å². The fourth-order valence-corrected chi connectivity index (χ4v) is 3.22. The highest BCUT2D eigenvalue weighted by Gasteiger charge is 2.09. The van der Waals surface area contributed by atoms with Crippen molar-refractivity contribution in [2.24, 2.45) is 0 Å². The molecule has 24 heavy (non-hydrogen) atoms. The Morgan fingerprint density at radius 3 is 2.75 bits per heavy atom. The van der Waals surface area contributed by atoms with Gasteiger partial charge in [0.1, 0.15) is 10.8 Å². The van der Waals surface area contributed by atoms with E-state index in [4.69, 9.17) is 11.6 Å². The second-order valence-corrected chi connectivity index (χ2v) is 6.41. The summed E-state index contributed by atoms with van der Waals surface area (Å²) in [5.74, 6) is -0.820. The molecule has 0 unspecified atom stereocenters. The number of amides is 1. The molecular formula is C18H14ClFN2OS. The molecule has 0 bridgehead atoms. The summed E-state index contributed by atoms with van der Waals surface area (Å²) < 4.78 is 13.1. The normalized spacial score (nSPS) is 10.6. The molecule has 3 nitrogen and oxygen atoms in total. The number of rotatable bonds is 5. The van der Waals surface area contributed by atoms with Crippen LogP contribution >= 0.6 is 22.9 Å². The summed E-state index contributed by atoms with van der Waals surface area (Å²) in [5.41, 5.74) is 2.35. The van der Waals surface area contributed by atoms with Crippen molar-refractivity contribution in [1.82, 2.24) is 10.3 Å². The molecule has 3 rings (SSSR count). The average Bonchev–Trinajstić information content (AvgIpc) is 3.07. The van der Waals surface area contributed by atoms with Gasteiger partial charge in [0.2, 0.25) is 0 Å². The van der Waals surface area contributed by atoms with Crippen LogP contribution in [0.2, 0.25) is 5.02 Å². The van der Waals surface area contributed by atoms with Crippen LogP contribution < -0.4 is 5.32 Å². The number of benzene rings is 2. The van der Waals surface area contributed by atoms with Gasteiger partial charge in [-0.1, -0.05) is 41.9 Å². The van der Waals surface area contributed by atoms with E-state index in [1.807, 2.05) is 35.7 Å². The quantitative estimate of drug-likeness (QED) is 0.723. The minimum atomic E-state index is -0.538. The van der Waals surface area contributed by atoms with Crippen LogP contribution in [0.25, 0.3) is 10.6 Å². The fourth-order valence-electron chi connectivity index (χ4n) is 2.18. The molecule has 0 saturated heterocycles. The van der Waals surface area contributed by atoms with Crippen molar-refractivity contribution in [3.63, 3.8) is 0 Å². The molecule has 0 aliphatic heterocycles. The summed E-state index contributed by atoms with van der Waals surface area (Å²) >= 11 is 7.26. The Balaban J connectivity index is 1.56. The van der Waals surface area contributed by atoms with Crippen molar-refractivity contribution in [3.05, 3.63) is 76.0 Å². The minimum absolute atomic E-state index is 0.0605. The van der Waals surface area contributed by atoms with E-state index in [0.717, 1.165) is 16.3 Å². The third kappa shape index (κ3) is 3.99. The highest BCUT2D eigenvalue weighted by atomic mass is 35.5. The van der Waals surface area contributed by atoms with Crippen molar-refractivity contribution in [3.8, 4) is 10.6 Å². The van der Waals surface area contributed by atoms with Gasteiger partial charge in [-0.25, -0.2) is 9.37 Å². The largest absolute Gasteiger partial charge is 0.352 e. The van der Waals surface area contributed by atoms with E-state index in [0.29, 0.717) is 18.5 Å². The lowest BCUT2D eigenvalue weighted by atomic mass is 10.2. The lowest BCUT2D eigenvalue weighted by Gasteiger charge is -2.05. The van der Waals surface area contributed by atoms with Crippen molar-refractivity contribution < 1.29 is 9.18 Å². The summed E-state index contributed by atoms with van der Waals surface area (Å²) in [6.45, 7) is 0.450. The number of carbonyl (C=O) groups excluding carboxylic acids is 1. The van der Waals surface area contributed by atoms with Gasteiger partial charge in [0, 0.05) is 29.5 Å². The molecule has 1 aromatic heterocycles. The first-order chi connectivity index (χ1) is 11.6. The molecule has 6 heteroatoms. The van der Waals surface area contributed by atoms with Crippen molar-refractivity contribution >= 4 is 28.8 Å². The molecule has 0 aliphatic carbocycles. The molecule has 0 spiro atoms. The molecule has 0 fully saturated rings. The van der Waals surface area contributed by atoms with Crippen LogP contribution in [0.5, 0.6) is 0 Å². The van der Waals surface area contributed by atoms with Crippen LogP contribution in [0.15, 0.2) is 53.9 Å². The average molecular weight is 361 g/mol. The van der Waals surface area contributed by atoms with E-state index in [1.165, 1.54) is 18.2 Å². The second-order valence-electron chi connectivity index (χ2n) is 5.14. The van der Waals surface area contributed by atoms with Crippen LogP contribution in [0.3, 0.4) is 0 Å². The van der Waals surface area contributed by atoms with E-state index in [-0.39, 0.29) is 10.9 Å². The number of halogens is 2. The maximum atomic E-state index is 13.1. The lowest BCUT2D eigenvalue weighted by Crippen LogP contribution is -2.25. The van der Waals surface area contributed by atoms with Gasteiger partial charge in [0.25, 0.3) is 5.91 Å². The van der Waals surface area contributed by atoms with Gasteiger partial charge in [-0.15, -0.1) is 11.3 Å². The minimum Gasteiger partial charge on any atom is -0.352 e. The zero-order chi connectivity index (χ0) is 16.9. The number of nitrogens with one attached hydrogen (secondary N) is 1. The van der Waals surface area contributed by atoms with Crippen LogP contribution in [-0.4, -0.2) is 17.4 Å². The number of nitrogens with zero attached hydrogens (tertiary/aromatic N) is 1. The number of hydrogen-bond donors (Lipinski definition) is 1. The maximum Gasteiger partial charge on any atom is 0.251 e. The summed E-state index contributed by atoms with van der Waals surface area (Å²) in [7, 11) is 0. The Hall–Kier alpha value is -2.24. The third-order valence-corrected chi connectivity index (χ3v) is 4.65. The van der Waals surface area contributed by atoms with E-state index in [9.17, 15) is 9.18 Å². The molecule has 0 aliphatic rings. The van der Waals surface area contributed by atoms with Gasteiger partial charge < -0.3 is 5.32 Å². The lowest BCUT2D eigenvalue weighted by molar-refractivity contribution is 0.0954. The van der Waals surface area contributed by atoms with Crippen LogP contribution in [0, 0.1) is 5.82 Å². The van der Waals surface area contributed by atoms with E-state index < -0.39 is 5.82 Å². The van der Waals surface area contributed by atoms with E-state index >= 15 is 0 Å². The Kier molecular flexibility index (Phi) is 5.23. The Morgan fingerprint density at radius 1 is 1.21 bits per heavy atom. The topological polar surface area (TPSA) is 42.0 Å². The first kappa shape index (κ1) is 16.6. The zero-order valence-corrected chi connectivity index (χ0v) is 14.2. The van der Waals surface area contributed by atoms with Gasteiger partial charge in [0.05, 0.1) is 10.7 Å². The van der Waals surface area contributed by atoms with Crippen LogP contribution in [0.1, 0.15) is 16.1 Å². The summed E-state index contributed by atoms with van der Waals surface area (Å²) in [5, 5.41) is 5.68. The smallest absolute Gasteiger partial charge is 0.251 e. The molecule has 1 N–H and O–H groups in total. The standard InChI is InChI=1S/C18H14ClFN2OS/c19-15-10-13(6-7-16(15)20)17(23)21-9-8-14-11-24-18(22-14)12-4-2-1-3-5-12/h1-7,10-11H,8-9H2,(H,21,23).